The number of hydrogen-bond acceptors (Lipinski definition) is 4. The third kappa shape index (κ3) is 4.14. The predicted molar refractivity (Wildman–Crippen MR) is 110 cm³/mol. The fourth-order valence-corrected chi connectivity index (χ4v) is 4.11. The number of pyridine rings is 1. The highest BCUT2D eigenvalue weighted by Gasteiger charge is 2.25. The maximum atomic E-state index is 12.6. The molecule has 0 saturated carbocycles. The van der Waals surface area contributed by atoms with E-state index in [2.05, 4.69) is 20.1 Å². The Morgan fingerprint density at radius 2 is 1.70 bits per heavy atom. The molecule has 1 aromatic heterocycles. The van der Waals surface area contributed by atoms with Gasteiger partial charge in [0.1, 0.15) is 0 Å². The number of rotatable bonds is 7. The van der Waals surface area contributed by atoms with Crippen LogP contribution in [0.15, 0.2) is 42.6 Å². The summed E-state index contributed by atoms with van der Waals surface area (Å²) in [5, 5.41) is 3.00. The van der Waals surface area contributed by atoms with Crippen molar-refractivity contribution in [3.63, 3.8) is 0 Å². The van der Waals surface area contributed by atoms with Crippen LogP contribution in [0, 0.1) is 0 Å². The van der Waals surface area contributed by atoms with Gasteiger partial charge in [0, 0.05) is 12.7 Å². The summed E-state index contributed by atoms with van der Waals surface area (Å²) in [6, 6.07) is 11.6. The van der Waals surface area contributed by atoms with Crippen LogP contribution in [-0.2, 0) is 0 Å². The Morgan fingerprint density at radius 3 is 2.56 bits per heavy atom. The van der Waals surface area contributed by atoms with Crippen molar-refractivity contribution in [3.05, 3.63) is 48.2 Å². The summed E-state index contributed by atoms with van der Waals surface area (Å²) < 4.78 is 0. The highest BCUT2D eigenvalue weighted by atomic mass is 16.1. The van der Waals surface area contributed by atoms with Gasteiger partial charge in [0.25, 0.3) is 5.91 Å². The third-order valence-electron chi connectivity index (χ3n) is 5.53. The van der Waals surface area contributed by atoms with E-state index >= 15 is 0 Å². The minimum absolute atomic E-state index is 0.0621. The van der Waals surface area contributed by atoms with E-state index in [-0.39, 0.29) is 5.91 Å². The van der Waals surface area contributed by atoms with E-state index in [1.54, 1.807) is 6.20 Å². The second kappa shape index (κ2) is 8.53. The van der Waals surface area contributed by atoms with E-state index in [9.17, 15) is 4.79 Å². The molecule has 5 nitrogen and oxygen atoms in total. The minimum atomic E-state index is -0.0621. The van der Waals surface area contributed by atoms with Gasteiger partial charge >= 0.3 is 0 Å². The summed E-state index contributed by atoms with van der Waals surface area (Å²) in [4.78, 5) is 21.9. The number of nitrogens with one attached hydrogen (secondary N) is 1. The van der Waals surface area contributed by atoms with Crippen LogP contribution in [0.25, 0.3) is 0 Å². The first-order chi connectivity index (χ1) is 13.3. The highest BCUT2D eigenvalue weighted by molar-refractivity contribution is 6.11. The molecular formula is C22H28N4O. The lowest BCUT2D eigenvalue weighted by molar-refractivity contribution is 0.102. The molecule has 4 rings (SSSR count). The molecule has 1 N–H and O–H groups in total. The van der Waals surface area contributed by atoms with E-state index in [1.165, 1.54) is 51.7 Å². The van der Waals surface area contributed by atoms with Gasteiger partial charge in [-0.3, -0.25) is 4.79 Å². The molecule has 0 unspecified atom stereocenters. The smallest absolute Gasteiger partial charge is 0.257 e. The number of likely N-dealkylation sites (tertiary alicyclic amines) is 1. The molecule has 0 bridgehead atoms. The van der Waals surface area contributed by atoms with Crippen LogP contribution in [0.2, 0.25) is 0 Å². The zero-order chi connectivity index (χ0) is 18.5. The topological polar surface area (TPSA) is 48.5 Å². The lowest BCUT2D eigenvalue weighted by Crippen LogP contribution is -2.21. The summed E-state index contributed by atoms with van der Waals surface area (Å²) >= 11 is 0. The van der Waals surface area contributed by atoms with Gasteiger partial charge in [-0.1, -0.05) is 25.0 Å². The van der Waals surface area contributed by atoms with Gasteiger partial charge in [0.2, 0.25) is 0 Å². The maximum absolute atomic E-state index is 12.6. The van der Waals surface area contributed by atoms with Crippen LogP contribution in [0.5, 0.6) is 0 Å². The van der Waals surface area contributed by atoms with Crippen LogP contribution in [0.3, 0.4) is 0 Å². The largest absolute Gasteiger partial charge is 0.324 e. The summed E-state index contributed by atoms with van der Waals surface area (Å²) in [7, 11) is 0. The lowest BCUT2D eigenvalue weighted by Gasteiger charge is -2.24. The van der Waals surface area contributed by atoms with Gasteiger partial charge in [-0.05, 0) is 69.6 Å². The standard InChI is InChI=1S/C22H28N4O/c27-22-18-10-3-4-12-20(18)26(21-19(24-22)11-9-13-23-21)17-6-2-1-5-14-25-15-7-8-16-25/h3-4,9-13H,1-2,5-8,14-17H2,(H,24,27). The summed E-state index contributed by atoms with van der Waals surface area (Å²) in [5.74, 6) is 0.779. The number of carbonyl (C=O) groups excluding carboxylic acids is 1. The molecule has 1 fully saturated rings. The number of unbranched alkanes of at least 4 members (excludes halogenated alkanes) is 3. The van der Waals surface area contributed by atoms with Crippen molar-refractivity contribution in [2.24, 2.45) is 0 Å². The lowest BCUT2D eigenvalue weighted by atomic mass is 10.1. The van der Waals surface area contributed by atoms with E-state index in [0.29, 0.717) is 5.56 Å². The molecule has 2 aliphatic rings. The highest BCUT2D eigenvalue weighted by Crippen LogP contribution is 2.36. The van der Waals surface area contributed by atoms with Crippen LogP contribution in [-0.4, -0.2) is 42.0 Å². The number of hydrogen-bond donors (Lipinski definition) is 1. The molecule has 0 aliphatic carbocycles. The molecule has 5 heteroatoms. The number of benzene rings is 1. The molecule has 0 radical (unpaired) electrons. The number of carbonyl (C=O) groups is 1. The second-order valence-corrected chi connectivity index (χ2v) is 7.46. The van der Waals surface area contributed by atoms with Crippen molar-refractivity contribution in [1.29, 1.82) is 0 Å². The monoisotopic (exact) mass is 364 g/mol. The van der Waals surface area contributed by atoms with E-state index in [0.717, 1.165) is 30.2 Å². The number of aromatic nitrogens is 1. The Labute approximate surface area is 161 Å². The average molecular weight is 364 g/mol. The van der Waals surface area contributed by atoms with Crippen molar-refractivity contribution >= 4 is 23.1 Å². The van der Waals surface area contributed by atoms with Crippen LogP contribution in [0.4, 0.5) is 17.2 Å². The summed E-state index contributed by atoms with van der Waals surface area (Å²) in [6.07, 6.45) is 9.38. The fourth-order valence-electron chi connectivity index (χ4n) is 4.11. The van der Waals surface area contributed by atoms with Gasteiger partial charge in [-0.25, -0.2) is 4.98 Å². The Morgan fingerprint density at radius 1 is 0.926 bits per heavy atom. The number of anilines is 3. The molecule has 1 saturated heterocycles. The fraction of sp³-hybridized carbons (Fsp3) is 0.455. The van der Waals surface area contributed by atoms with Crippen molar-refractivity contribution in [3.8, 4) is 0 Å². The zero-order valence-electron chi connectivity index (χ0n) is 15.9. The first-order valence-electron chi connectivity index (χ1n) is 10.2. The average Bonchev–Trinajstić information content (AvgIpc) is 3.18. The third-order valence-corrected chi connectivity index (χ3v) is 5.53. The Kier molecular flexibility index (Phi) is 5.68. The van der Waals surface area contributed by atoms with Crippen LogP contribution in [0.1, 0.15) is 48.9 Å². The summed E-state index contributed by atoms with van der Waals surface area (Å²) in [6.45, 7) is 4.69. The SMILES string of the molecule is O=C1Nc2cccnc2N(CCCCCCN2CCCC2)c2ccccc21. The zero-order valence-corrected chi connectivity index (χ0v) is 15.9. The van der Waals surface area contributed by atoms with Crippen molar-refractivity contribution in [2.45, 2.75) is 38.5 Å². The minimum Gasteiger partial charge on any atom is -0.324 e. The number of para-hydroxylation sites is 1. The molecule has 0 spiro atoms. The quantitative estimate of drug-likeness (QED) is 0.738. The van der Waals surface area contributed by atoms with E-state index in [4.69, 9.17) is 0 Å². The number of nitrogens with zero attached hydrogens (tertiary/aromatic N) is 3. The Bertz CT molecular complexity index is 785. The molecule has 27 heavy (non-hydrogen) atoms. The molecule has 2 aromatic rings. The first kappa shape index (κ1) is 18.0. The molecule has 3 heterocycles. The van der Waals surface area contributed by atoms with Gasteiger partial charge < -0.3 is 15.1 Å². The second-order valence-electron chi connectivity index (χ2n) is 7.46. The van der Waals surface area contributed by atoms with Gasteiger partial charge in [0.15, 0.2) is 5.82 Å². The van der Waals surface area contributed by atoms with Crippen LogP contribution >= 0.6 is 0 Å². The van der Waals surface area contributed by atoms with Gasteiger partial charge in [-0.15, -0.1) is 0 Å². The van der Waals surface area contributed by atoms with Gasteiger partial charge in [0.05, 0.1) is 16.9 Å². The number of amides is 1. The number of fused-ring (bicyclic) bond motifs is 2. The molecular weight excluding hydrogens is 336 g/mol. The molecule has 1 amide bonds. The van der Waals surface area contributed by atoms with E-state index in [1.807, 2.05) is 36.4 Å². The molecule has 2 aliphatic heterocycles. The van der Waals surface area contributed by atoms with Crippen molar-refractivity contribution in [1.82, 2.24) is 9.88 Å². The maximum Gasteiger partial charge on any atom is 0.257 e. The van der Waals surface area contributed by atoms with E-state index < -0.39 is 0 Å². The first-order valence-corrected chi connectivity index (χ1v) is 10.2. The Balaban J connectivity index is 1.40. The van der Waals surface area contributed by atoms with Crippen molar-refractivity contribution in [2.75, 3.05) is 36.4 Å². The Hall–Kier alpha value is -2.40. The molecule has 0 atom stereocenters. The van der Waals surface area contributed by atoms with Gasteiger partial charge in [-0.2, -0.15) is 0 Å². The molecule has 1 aromatic carbocycles. The van der Waals surface area contributed by atoms with Crippen molar-refractivity contribution < 1.29 is 4.79 Å². The normalized spacial score (nSPS) is 16.6. The van der Waals surface area contributed by atoms with Crippen LogP contribution < -0.4 is 10.2 Å². The molecule has 142 valence electrons. The summed E-state index contributed by atoms with van der Waals surface area (Å²) in [5.41, 5.74) is 2.45. The predicted octanol–water partition coefficient (Wildman–Crippen LogP) is 4.44.